The Bertz CT molecular complexity index is 1320. The van der Waals surface area contributed by atoms with Gasteiger partial charge in [-0.05, 0) is 41.3 Å². The molecule has 0 fully saturated rings. The molecule has 0 unspecified atom stereocenters. The zero-order valence-corrected chi connectivity index (χ0v) is 20.1. The minimum atomic E-state index is -0.951. The van der Waals surface area contributed by atoms with E-state index in [1.807, 2.05) is 66.7 Å². The van der Waals surface area contributed by atoms with E-state index in [9.17, 15) is 14.7 Å². The lowest BCUT2D eigenvalue weighted by atomic mass is 9.99. The van der Waals surface area contributed by atoms with Crippen LogP contribution in [0.2, 0.25) is 0 Å². The largest absolute Gasteiger partial charge is 0.478 e. The predicted molar refractivity (Wildman–Crippen MR) is 138 cm³/mol. The number of carboxylic acids is 1. The van der Waals surface area contributed by atoms with Gasteiger partial charge in [0.1, 0.15) is 5.82 Å². The summed E-state index contributed by atoms with van der Waals surface area (Å²) in [4.78, 5) is 24.9. The van der Waals surface area contributed by atoms with Crippen molar-refractivity contribution in [3.63, 3.8) is 0 Å². The number of para-hydroxylation sites is 1. The minimum absolute atomic E-state index is 0.153. The van der Waals surface area contributed by atoms with E-state index >= 15 is 0 Å². The van der Waals surface area contributed by atoms with Gasteiger partial charge in [-0.15, -0.1) is 5.10 Å². The molecule has 0 aliphatic rings. The van der Waals surface area contributed by atoms with Gasteiger partial charge in [-0.25, -0.2) is 9.59 Å². The number of aromatic carboxylic acids is 1. The van der Waals surface area contributed by atoms with Crippen LogP contribution in [0.4, 0.5) is 0 Å². The highest BCUT2D eigenvalue weighted by molar-refractivity contribution is 5.95. The van der Waals surface area contributed by atoms with Crippen molar-refractivity contribution in [2.45, 2.75) is 52.0 Å². The van der Waals surface area contributed by atoms with Gasteiger partial charge in [0.15, 0.2) is 0 Å². The van der Waals surface area contributed by atoms with Crippen LogP contribution in [0.3, 0.4) is 0 Å². The molecule has 4 aromatic rings. The van der Waals surface area contributed by atoms with Gasteiger partial charge in [0.05, 0.1) is 17.8 Å². The van der Waals surface area contributed by atoms with Crippen molar-refractivity contribution in [3.05, 3.63) is 106 Å². The number of unbranched alkanes of at least 4 members (excludes halogenated alkanes) is 4. The second kappa shape index (κ2) is 11.5. The highest BCUT2D eigenvalue weighted by Gasteiger charge is 2.16. The number of rotatable bonds is 11. The standard InChI is InChI=1S/C29H31N3O3/c1-2-3-4-5-9-16-27-30-32(24-12-7-6-8-13-24)29(35)31(27)21-22-17-19-23(20-18-22)25-14-10-11-15-26(25)28(33)34/h6-8,10-15,17-20H,2-5,9,16,21H2,1H3,(H,33,34). The molecule has 180 valence electrons. The summed E-state index contributed by atoms with van der Waals surface area (Å²) in [5.41, 5.74) is 3.34. The monoisotopic (exact) mass is 469 g/mol. The molecular formula is C29H31N3O3. The first kappa shape index (κ1) is 24.2. The van der Waals surface area contributed by atoms with Crippen molar-refractivity contribution in [2.24, 2.45) is 0 Å². The lowest BCUT2D eigenvalue weighted by Crippen LogP contribution is -2.25. The van der Waals surface area contributed by atoms with Gasteiger partial charge in [0, 0.05) is 6.42 Å². The van der Waals surface area contributed by atoms with Crippen LogP contribution in [0.5, 0.6) is 0 Å². The summed E-state index contributed by atoms with van der Waals surface area (Å²) < 4.78 is 3.24. The Balaban J connectivity index is 1.60. The summed E-state index contributed by atoms with van der Waals surface area (Å²) in [6.07, 6.45) is 6.49. The fraction of sp³-hybridized carbons (Fsp3) is 0.276. The number of carbonyl (C=O) groups is 1. The Morgan fingerprint density at radius 3 is 2.26 bits per heavy atom. The Labute approximate surface area is 205 Å². The first-order valence-corrected chi connectivity index (χ1v) is 12.2. The Hall–Kier alpha value is -3.93. The number of aryl methyl sites for hydroxylation is 1. The SMILES string of the molecule is CCCCCCCc1nn(-c2ccccc2)c(=O)n1Cc1ccc(-c2ccccc2C(=O)O)cc1. The van der Waals surface area contributed by atoms with E-state index < -0.39 is 5.97 Å². The molecule has 0 amide bonds. The molecule has 3 aromatic carbocycles. The molecule has 0 aliphatic carbocycles. The summed E-state index contributed by atoms with van der Waals surface area (Å²) in [7, 11) is 0. The van der Waals surface area contributed by atoms with E-state index in [1.165, 1.54) is 23.9 Å². The summed E-state index contributed by atoms with van der Waals surface area (Å²) in [5.74, 6) is -0.163. The molecule has 0 saturated heterocycles. The fourth-order valence-electron chi connectivity index (χ4n) is 4.30. The number of hydrogen-bond acceptors (Lipinski definition) is 3. The molecule has 1 aromatic heterocycles. The first-order valence-electron chi connectivity index (χ1n) is 12.2. The lowest BCUT2D eigenvalue weighted by Gasteiger charge is -2.09. The lowest BCUT2D eigenvalue weighted by molar-refractivity contribution is 0.0697. The average molecular weight is 470 g/mol. The third-order valence-electron chi connectivity index (χ3n) is 6.21. The normalized spacial score (nSPS) is 11.0. The topological polar surface area (TPSA) is 77.1 Å². The maximum Gasteiger partial charge on any atom is 0.351 e. The number of carboxylic acid groups (broad SMARTS) is 1. The smallest absolute Gasteiger partial charge is 0.351 e. The molecule has 0 bridgehead atoms. The zero-order chi connectivity index (χ0) is 24.6. The third-order valence-corrected chi connectivity index (χ3v) is 6.21. The van der Waals surface area contributed by atoms with E-state index in [0.29, 0.717) is 12.1 Å². The van der Waals surface area contributed by atoms with E-state index in [2.05, 4.69) is 6.92 Å². The quantitative estimate of drug-likeness (QED) is 0.275. The maximum atomic E-state index is 13.3. The summed E-state index contributed by atoms with van der Waals surface area (Å²) in [6, 6.07) is 24.2. The molecule has 0 atom stereocenters. The minimum Gasteiger partial charge on any atom is -0.478 e. The molecular weight excluding hydrogens is 438 g/mol. The number of hydrogen-bond donors (Lipinski definition) is 1. The van der Waals surface area contributed by atoms with Crippen molar-refractivity contribution < 1.29 is 9.90 Å². The summed E-state index contributed by atoms with van der Waals surface area (Å²) in [5, 5.41) is 14.2. The molecule has 1 N–H and O–H groups in total. The third kappa shape index (κ3) is 5.77. The molecule has 6 nitrogen and oxygen atoms in total. The first-order chi connectivity index (χ1) is 17.1. The Morgan fingerprint density at radius 1 is 0.857 bits per heavy atom. The molecule has 1 heterocycles. The van der Waals surface area contributed by atoms with Crippen molar-refractivity contribution in [2.75, 3.05) is 0 Å². The van der Waals surface area contributed by atoms with Gasteiger partial charge in [-0.2, -0.15) is 4.68 Å². The molecule has 0 radical (unpaired) electrons. The van der Waals surface area contributed by atoms with Crippen molar-refractivity contribution in [1.82, 2.24) is 14.3 Å². The van der Waals surface area contributed by atoms with Crippen LogP contribution >= 0.6 is 0 Å². The van der Waals surface area contributed by atoms with Gasteiger partial charge >= 0.3 is 11.7 Å². The Kier molecular flexibility index (Phi) is 7.93. The van der Waals surface area contributed by atoms with Crippen LogP contribution in [0.1, 0.15) is 60.8 Å². The number of benzene rings is 3. The van der Waals surface area contributed by atoms with Gasteiger partial charge < -0.3 is 5.11 Å². The van der Waals surface area contributed by atoms with E-state index in [-0.39, 0.29) is 11.3 Å². The summed E-state index contributed by atoms with van der Waals surface area (Å²) >= 11 is 0. The molecule has 0 aliphatic heterocycles. The van der Waals surface area contributed by atoms with Crippen LogP contribution in [-0.4, -0.2) is 25.4 Å². The van der Waals surface area contributed by atoms with E-state index in [1.54, 1.807) is 16.7 Å². The van der Waals surface area contributed by atoms with Crippen molar-refractivity contribution in [3.8, 4) is 16.8 Å². The van der Waals surface area contributed by atoms with Crippen molar-refractivity contribution >= 4 is 5.97 Å². The van der Waals surface area contributed by atoms with Gasteiger partial charge in [0.25, 0.3) is 0 Å². The van der Waals surface area contributed by atoms with E-state index in [4.69, 9.17) is 5.10 Å². The average Bonchev–Trinajstić information content (AvgIpc) is 3.19. The number of nitrogens with zero attached hydrogens (tertiary/aromatic N) is 3. The molecule has 6 heteroatoms. The predicted octanol–water partition coefficient (Wildman–Crippen LogP) is 5.96. The van der Waals surface area contributed by atoms with Crippen LogP contribution in [0, 0.1) is 0 Å². The summed E-state index contributed by atoms with van der Waals surface area (Å²) in [6.45, 7) is 2.61. The van der Waals surface area contributed by atoms with Crippen LogP contribution in [0.25, 0.3) is 16.8 Å². The van der Waals surface area contributed by atoms with Gasteiger partial charge in [0.2, 0.25) is 0 Å². The molecule has 0 spiro atoms. The molecule has 4 rings (SSSR count). The highest BCUT2D eigenvalue weighted by atomic mass is 16.4. The maximum absolute atomic E-state index is 13.3. The van der Waals surface area contributed by atoms with E-state index in [0.717, 1.165) is 41.9 Å². The van der Waals surface area contributed by atoms with Crippen LogP contribution in [-0.2, 0) is 13.0 Å². The van der Waals surface area contributed by atoms with Crippen LogP contribution in [0.15, 0.2) is 83.7 Å². The molecule has 0 saturated carbocycles. The highest BCUT2D eigenvalue weighted by Crippen LogP contribution is 2.24. The zero-order valence-electron chi connectivity index (χ0n) is 20.1. The second-order valence-corrected chi connectivity index (χ2v) is 8.74. The fourth-order valence-corrected chi connectivity index (χ4v) is 4.30. The van der Waals surface area contributed by atoms with Crippen molar-refractivity contribution in [1.29, 1.82) is 0 Å². The van der Waals surface area contributed by atoms with Gasteiger partial charge in [-0.1, -0.05) is 93.3 Å². The van der Waals surface area contributed by atoms with Gasteiger partial charge in [-0.3, -0.25) is 4.57 Å². The number of aromatic nitrogens is 3. The second-order valence-electron chi connectivity index (χ2n) is 8.74. The molecule has 35 heavy (non-hydrogen) atoms. The Morgan fingerprint density at radius 2 is 1.54 bits per heavy atom. The van der Waals surface area contributed by atoms with Crippen LogP contribution < -0.4 is 5.69 Å².